The second-order valence-electron chi connectivity index (χ2n) is 8.80. The molecule has 3 aliphatic rings. The zero-order chi connectivity index (χ0) is 22.0. The summed E-state index contributed by atoms with van der Waals surface area (Å²) in [6.07, 6.45) is 4.09. The first-order valence-corrected chi connectivity index (χ1v) is 10.9. The van der Waals surface area contributed by atoms with Gasteiger partial charge in [0, 0.05) is 5.41 Å². The standard InChI is InChI=1S/C20H30O5.Na.H2O3S.H/c1-12-4-7-16-19(2,9-8-17(23)20(16,3)11-21)14(12)6-5-13-15(22)10-25-18(13)24;;1-4(2)3;/h14,16-17,21-23H,1,4-11H2,2-3H3;;(H2,1,2,3);/q;+1;;-1/t14-,16+,17-,19+,20+;;;/m1.../s1. The number of carbonyl (C=O) groups excluding carboxylic acids is 1. The quantitative estimate of drug-likeness (QED) is 0.167. The van der Waals surface area contributed by atoms with Crippen LogP contribution >= 0.6 is 0 Å². The van der Waals surface area contributed by atoms with Gasteiger partial charge in [0.25, 0.3) is 11.4 Å². The molecule has 0 aromatic heterocycles. The van der Waals surface area contributed by atoms with Crippen LogP contribution in [0.3, 0.4) is 0 Å². The monoisotopic (exact) mass is 456 g/mol. The van der Waals surface area contributed by atoms with E-state index in [1.165, 1.54) is 5.57 Å². The van der Waals surface area contributed by atoms with Crippen LogP contribution in [-0.2, 0) is 20.9 Å². The molecule has 0 saturated heterocycles. The number of hydrogen-bond acceptors (Lipinski definition) is 6. The van der Waals surface area contributed by atoms with Crippen molar-refractivity contribution < 1.29 is 69.1 Å². The Labute approximate surface area is 203 Å². The molecule has 5 N–H and O–H groups in total. The Morgan fingerprint density at radius 2 is 1.90 bits per heavy atom. The van der Waals surface area contributed by atoms with Gasteiger partial charge in [-0.15, -0.1) is 0 Å². The summed E-state index contributed by atoms with van der Waals surface area (Å²) in [6, 6.07) is 0. The van der Waals surface area contributed by atoms with Crippen molar-refractivity contribution in [2.24, 2.45) is 22.7 Å². The van der Waals surface area contributed by atoms with Gasteiger partial charge in [0.1, 0.15) is 12.4 Å². The van der Waals surface area contributed by atoms with E-state index in [4.69, 9.17) is 18.1 Å². The van der Waals surface area contributed by atoms with Crippen LogP contribution in [0.4, 0.5) is 0 Å². The second kappa shape index (κ2) is 11.0. The van der Waals surface area contributed by atoms with E-state index in [0.717, 1.165) is 25.7 Å². The maximum atomic E-state index is 11.8. The van der Waals surface area contributed by atoms with Crippen molar-refractivity contribution in [3.63, 3.8) is 0 Å². The average Bonchev–Trinajstić information content (AvgIpc) is 2.96. The van der Waals surface area contributed by atoms with Crippen molar-refractivity contribution in [3.05, 3.63) is 23.5 Å². The van der Waals surface area contributed by atoms with Crippen LogP contribution in [0.15, 0.2) is 23.5 Å². The maximum Gasteiger partial charge on any atom is 1.00 e. The molecule has 10 heteroatoms. The summed E-state index contributed by atoms with van der Waals surface area (Å²) < 4.78 is 27.7. The largest absolute Gasteiger partial charge is 1.00 e. The summed E-state index contributed by atoms with van der Waals surface area (Å²) in [7, 11) is 0. The molecule has 30 heavy (non-hydrogen) atoms. The molecule has 0 aromatic carbocycles. The first kappa shape index (κ1) is 27.8. The second-order valence-corrected chi connectivity index (χ2v) is 9.26. The van der Waals surface area contributed by atoms with E-state index < -0.39 is 28.8 Å². The van der Waals surface area contributed by atoms with Gasteiger partial charge in [-0.05, 0) is 55.8 Å². The Bertz CT molecular complexity index is 713. The molecule has 2 saturated carbocycles. The summed E-state index contributed by atoms with van der Waals surface area (Å²) in [5.41, 5.74) is 1.01. The van der Waals surface area contributed by atoms with Crippen molar-refractivity contribution in [3.8, 4) is 0 Å². The predicted octanol–water partition coefficient (Wildman–Crippen LogP) is -0.325. The van der Waals surface area contributed by atoms with Crippen LogP contribution in [0, 0.1) is 22.7 Å². The molecule has 0 radical (unpaired) electrons. The molecule has 0 unspecified atom stereocenters. The number of esters is 1. The number of aliphatic hydroxyl groups is 3. The summed E-state index contributed by atoms with van der Waals surface area (Å²) in [5, 5.41) is 30.4. The molecule has 2 aliphatic carbocycles. The number of fused-ring (bicyclic) bond motifs is 1. The third-order valence-corrected chi connectivity index (χ3v) is 7.31. The Morgan fingerprint density at radius 1 is 1.30 bits per heavy atom. The third-order valence-electron chi connectivity index (χ3n) is 7.31. The van der Waals surface area contributed by atoms with Gasteiger partial charge >= 0.3 is 35.5 Å². The third kappa shape index (κ3) is 5.56. The van der Waals surface area contributed by atoms with Crippen LogP contribution in [0.1, 0.15) is 53.8 Å². The minimum atomic E-state index is -2.61. The average molecular weight is 457 g/mol. The Hall–Kier alpha value is -0.260. The topological polar surface area (TPSA) is 145 Å². The minimum absolute atomic E-state index is 0. The van der Waals surface area contributed by atoms with E-state index in [9.17, 15) is 20.1 Å². The smallest absolute Gasteiger partial charge is 1.00 e. The van der Waals surface area contributed by atoms with Crippen LogP contribution in [-0.4, -0.2) is 53.9 Å². The first-order chi connectivity index (χ1) is 13.5. The Kier molecular flexibility index (Phi) is 10.2. The van der Waals surface area contributed by atoms with Crippen molar-refractivity contribution in [1.82, 2.24) is 0 Å². The van der Waals surface area contributed by atoms with Gasteiger partial charge in [-0.2, -0.15) is 4.21 Å². The molecule has 168 valence electrons. The zero-order valence-electron chi connectivity index (χ0n) is 19.0. The molecule has 3 rings (SSSR count). The van der Waals surface area contributed by atoms with Gasteiger partial charge < -0.3 is 21.5 Å². The normalized spacial score (nSPS) is 35.9. The molecular formula is C20H33NaO8S. The van der Waals surface area contributed by atoms with Gasteiger partial charge in [-0.1, -0.05) is 26.0 Å². The fourth-order valence-corrected chi connectivity index (χ4v) is 5.69. The molecule has 8 nitrogen and oxygen atoms in total. The number of rotatable bonds is 4. The van der Waals surface area contributed by atoms with Gasteiger partial charge in [0.2, 0.25) is 0 Å². The van der Waals surface area contributed by atoms with Crippen molar-refractivity contribution >= 4 is 17.3 Å². The van der Waals surface area contributed by atoms with Crippen molar-refractivity contribution in [2.45, 2.75) is 58.5 Å². The SMILES string of the molecule is C=C1CC[C@@H]2[C@](C)(CO)[C@H](O)CC[C@@]2(C)[C@@H]1CCC1=C(O)COC1=O.O=S(O)O.[H-].[Na+]. The molecule has 5 atom stereocenters. The number of cyclic esters (lactones) is 1. The van der Waals surface area contributed by atoms with Gasteiger partial charge in [-0.25, -0.2) is 4.79 Å². The summed E-state index contributed by atoms with van der Waals surface area (Å²) >= 11 is -2.61. The van der Waals surface area contributed by atoms with Gasteiger partial charge in [0.05, 0.1) is 18.3 Å². The number of hydrogen-bond donors (Lipinski definition) is 5. The zero-order valence-corrected chi connectivity index (χ0v) is 20.8. The molecule has 0 bridgehead atoms. The Balaban J connectivity index is 0.00000138. The fraction of sp³-hybridized carbons (Fsp3) is 0.750. The van der Waals surface area contributed by atoms with E-state index in [-0.39, 0.29) is 67.2 Å². The van der Waals surface area contributed by atoms with E-state index >= 15 is 0 Å². The maximum absolute atomic E-state index is 11.8. The summed E-state index contributed by atoms with van der Waals surface area (Å²) in [5.74, 6) is 0.0490. The molecule has 0 amide bonds. The predicted molar refractivity (Wildman–Crippen MR) is 108 cm³/mol. The Morgan fingerprint density at radius 3 is 2.40 bits per heavy atom. The van der Waals surface area contributed by atoms with Crippen LogP contribution < -0.4 is 29.6 Å². The molecule has 0 aromatic rings. The van der Waals surface area contributed by atoms with E-state index in [0.29, 0.717) is 18.4 Å². The van der Waals surface area contributed by atoms with Crippen molar-refractivity contribution in [2.75, 3.05) is 13.2 Å². The van der Waals surface area contributed by atoms with E-state index in [1.807, 2.05) is 6.92 Å². The molecule has 0 spiro atoms. The number of ether oxygens (including phenoxy) is 1. The molecule has 1 heterocycles. The van der Waals surface area contributed by atoms with Crippen LogP contribution in [0.2, 0.25) is 0 Å². The summed E-state index contributed by atoms with van der Waals surface area (Å²) in [6.45, 7) is 8.48. The molecule has 1 aliphatic heterocycles. The molecular weight excluding hydrogens is 423 g/mol. The fourth-order valence-electron chi connectivity index (χ4n) is 5.69. The van der Waals surface area contributed by atoms with E-state index in [2.05, 4.69) is 13.5 Å². The van der Waals surface area contributed by atoms with E-state index in [1.54, 1.807) is 0 Å². The number of aliphatic hydroxyl groups excluding tert-OH is 3. The minimum Gasteiger partial charge on any atom is -1.00 e. The van der Waals surface area contributed by atoms with Crippen LogP contribution in [0.5, 0.6) is 0 Å². The van der Waals surface area contributed by atoms with Gasteiger partial charge in [0.15, 0.2) is 0 Å². The number of allylic oxidation sites excluding steroid dienone is 1. The summed E-state index contributed by atoms with van der Waals surface area (Å²) in [4.78, 5) is 11.8. The van der Waals surface area contributed by atoms with Gasteiger partial charge in [-0.3, -0.25) is 9.11 Å². The number of carbonyl (C=O) groups is 1. The van der Waals surface area contributed by atoms with Crippen LogP contribution in [0.25, 0.3) is 0 Å². The first-order valence-electron chi connectivity index (χ1n) is 9.82. The van der Waals surface area contributed by atoms with Crippen molar-refractivity contribution in [1.29, 1.82) is 0 Å². The molecule has 2 fully saturated rings.